The molecule has 0 aromatic carbocycles. The van der Waals surface area contributed by atoms with Crippen molar-refractivity contribution in [1.29, 1.82) is 0 Å². The van der Waals surface area contributed by atoms with Gasteiger partial charge in [0.1, 0.15) is 0 Å². The molecule has 1 rings (SSSR count). The Morgan fingerprint density at radius 2 is 1.92 bits per heavy atom. The van der Waals surface area contributed by atoms with Crippen molar-refractivity contribution in [2.75, 3.05) is 0 Å². The van der Waals surface area contributed by atoms with Crippen LogP contribution in [0.25, 0.3) is 0 Å². The summed E-state index contributed by atoms with van der Waals surface area (Å²) in [6, 6.07) is 0. The number of carbonyl (C=O) groups excluding carboxylic acids is 3. The Balaban J connectivity index is 2.65. The van der Waals surface area contributed by atoms with Crippen LogP contribution in [0.1, 0.15) is 0 Å². The van der Waals surface area contributed by atoms with Gasteiger partial charge >= 0.3 is 0 Å². The maximum Gasteiger partial charge on any atom is 0.272 e. The lowest BCUT2D eigenvalue weighted by Crippen LogP contribution is -2.45. The minimum absolute atomic E-state index is 0.560. The summed E-state index contributed by atoms with van der Waals surface area (Å²) in [5, 5.41) is 0.615. The second-order valence-corrected chi connectivity index (χ2v) is 2.03. The Morgan fingerprint density at radius 1 is 1.42 bits per heavy atom. The van der Waals surface area contributed by atoms with Crippen molar-refractivity contribution < 1.29 is 14.4 Å². The molecule has 0 saturated heterocycles. The van der Waals surface area contributed by atoms with Crippen molar-refractivity contribution in [3.8, 4) is 0 Å². The lowest BCUT2D eigenvalue weighted by Gasteiger charge is -2.12. The van der Waals surface area contributed by atoms with Crippen molar-refractivity contribution >= 4 is 17.7 Å². The molecule has 0 aromatic heterocycles. The molecule has 0 aromatic rings. The molecule has 0 fully saturated rings. The molecule has 0 saturated carbocycles. The lowest BCUT2D eigenvalue weighted by molar-refractivity contribution is -0.145. The quantitative estimate of drug-likeness (QED) is 0.428. The summed E-state index contributed by atoms with van der Waals surface area (Å²) in [4.78, 5) is 32.3. The number of carbonyl (C=O) groups is 3. The third kappa shape index (κ3) is 1.39. The number of nitrogens with one attached hydrogen (secondary N) is 1. The largest absolute Gasteiger partial charge is 0.272 e. The van der Waals surface area contributed by atoms with E-state index in [0.29, 0.717) is 5.01 Å². The molecular weight excluding hydrogens is 160 g/mol. The second kappa shape index (κ2) is 3.00. The van der Waals surface area contributed by atoms with Crippen LogP contribution in [-0.4, -0.2) is 22.7 Å². The van der Waals surface area contributed by atoms with Crippen LogP contribution in [0, 0.1) is 0 Å². The van der Waals surface area contributed by atoms with Crippen LogP contribution in [0.2, 0.25) is 0 Å². The van der Waals surface area contributed by atoms with E-state index in [4.69, 9.17) is 0 Å². The molecule has 0 radical (unpaired) electrons. The van der Waals surface area contributed by atoms with E-state index in [9.17, 15) is 14.4 Å². The van der Waals surface area contributed by atoms with Crippen LogP contribution in [0.4, 0.5) is 0 Å². The SMILES string of the molecule is C=CC(=O)NN1C(=O)C=CC1=O. The Bertz CT molecular complexity index is 275. The van der Waals surface area contributed by atoms with Crippen LogP contribution in [-0.2, 0) is 14.4 Å². The highest BCUT2D eigenvalue weighted by atomic mass is 16.2. The number of hydrogen-bond donors (Lipinski definition) is 1. The highest BCUT2D eigenvalue weighted by Crippen LogP contribution is 1.98. The van der Waals surface area contributed by atoms with Crippen molar-refractivity contribution in [2.24, 2.45) is 0 Å². The highest BCUT2D eigenvalue weighted by molar-refractivity contribution is 6.13. The molecule has 0 atom stereocenters. The molecule has 1 aliphatic rings. The molecule has 3 amide bonds. The molecule has 5 nitrogen and oxygen atoms in total. The van der Waals surface area contributed by atoms with Gasteiger partial charge in [-0.25, -0.2) is 0 Å². The molecule has 1 heterocycles. The summed E-state index contributed by atoms with van der Waals surface area (Å²) < 4.78 is 0. The van der Waals surface area contributed by atoms with E-state index < -0.39 is 17.7 Å². The number of hydrogen-bond acceptors (Lipinski definition) is 3. The molecular formula is C7H6N2O3. The first-order valence-electron chi connectivity index (χ1n) is 3.14. The zero-order valence-corrected chi connectivity index (χ0v) is 6.11. The molecule has 5 heteroatoms. The van der Waals surface area contributed by atoms with Gasteiger partial charge in [0.25, 0.3) is 17.7 Å². The van der Waals surface area contributed by atoms with Gasteiger partial charge in [0.2, 0.25) is 0 Å². The van der Waals surface area contributed by atoms with Gasteiger partial charge in [-0.05, 0) is 6.08 Å². The van der Waals surface area contributed by atoms with Gasteiger partial charge in [-0.2, -0.15) is 5.01 Å². The van der Waals surface area contributed by atoms with Gasteiger partial charge in [0.15, 0.2) is 0 Å². The number of nitrogens with zero attached hydrogens (tertiary/aromatic N) is 1. The van der Waals surface area contributed by atoms with E-state index in [1.54, 1.807) is 0 Å². The highest BCUT2D eigenvalue weighted by Gasteiger charge is 2.24. The molecule has 0 spiro atoms. The van der Waals surface area contributed by atoms with Crippen molar-refractivity contribution in [2.45, 2.75) is 0 Å². The molecule has 0 unspecified atom stereocenters. The van der Waals surface area contributed by atoms with Crippen LogP contribution in [0.3, 0.4) is 0 Å². The zero-order valence-electron chi connectivity index (χ0n) is 6.11. The normalized spacial score (nSPS) is 15.2. The maximum atomic E-state index is 10.8. The van der Waals surface area contributed by atoms with Crippen LogP contribution < -0.4 is 5.43 Å². The Morgan fingerprint density at radius 3 is 2.33 bits per heavy atom. The van der Waals surface area contributed by atoms with Gasteiger partial charge in [-0.15, -0.1) is 0 Å². The third-order valence-corrected chi connectivity index (χ3v) is 1.22. The summed E-state index contributed by atoms with van der Waals surface area (Å²) in [6.45, 7) is 3.17. The first kappa shape index (κ1) is 8.19. The minimum Gasteiger partial charge on any atom is -0.268 e. The summed E-state index contributed by atoms with van der Waals surface area (Å²) in [5.41, 5.74) is 2.04. The number of hydrazine groups is 1. The van der Waals surface area contributed by atoms with Crippen LogP contribution >= 0.6 is 0 Å². The Kier molecular flexibility index (Phi) is 2.05. The predicted molar refractivity (Wildman–Crippen MR) is 39.3 cm³/mol. The van der Waals surface area contributed by atoms with Crippen molar-refractivity contribution in [3.63, 3.8) is 0 Å². The minimum atomic E-state index is -0.597. The van der Waals surface area contributed by atoms with Gasteiger partial charge in [0.05, 0.1) is 0 Å². The maximum absolute atomic E-state index is 10.8. The van der Waals surface area contributed by atoms with Gasteiger partial charge < -0.3 is 0 Å². The number of rotatable bonds is 2. The summed E-state index contributed by atoms with van der Waals surface area (Å²) >= 11 is 0. The Hall–Kier alpha value is -1.91. The topological polar surface area (TPSA) is 66.5 Å². The first-order chi connectivity index (χ1) is 5.65. The average Bonchev–Trinajstić information content (AvgIpc) is 2.35. The van der Waals surface area contributed by atoms with Gasteiger partial charge in [0, 0.05) is 12.2 Å². The van der Waals surface area contributed by atoms with Gasteiger partial charge in [-0.1, -0.05) is 6.58 Å². The molecule has 0 aliphatic carbocycles. The van der Waals surface area contributed by atoms with Crippen LogP contribution in [0.5, 0.6) is 0 Å². The van der Waals surface area contributed by atoms with Crippen molar-refractivity contribution in [3.05, 3.63) is 24.8 Å². The zero-order chi connectivity index (χ0) is 9.14. The number of imide groups is 1. The first-order valence-corrected chi connectivity index (χ1v) is 3.14. The number of amides is 3. The van der Waals surface area contributed by atoms with E-state index in [2.05, 4.69) is 6.58 Å². The predicted octanol–water partition coefficient (Wildman–Crippen LogP) is -0.871. The second-order valence-electron chi connectivity index (χ2n) is 2.03. The molecule has 1 N–H and O–H groups in total. The summed E-state index contributed by atoms with van der Waals surface area (Å²) in [6.07, 6.45) is 3.12. The van der Waals surface area contributed by atoms with E-state index in [0.717, 1.165) is 18.2 Å². The smallest absolute Gasteiger partial charge is 0.268 e. The monoisotopic (exact) mass is 166 g/mol. The Labute approximate surface area is 68.3 Å². The summed E-state index contributed by atoms with van der Waals surface area (Å²) in [5.74, 6) is -1.72. The van der Waals surface area contributed by atoms with Crippen molar-refractivity contribution in [1.82, 2.24) is 10.4 Å². The third-order valence-electron chi connectivity index (χ3n) is 1.22. The molecule has 62 valence electrons. The lowest BCUT2D eigenvalue weighted by atomic mass is 10.6. The van der Waals surface area contributed by atoms with Gasteiger partial charge in [-0.3, -0.25) is 19.8 Å². The molecule has 1 aliphatic heterocycles. The van der Waals surface area contributed by atoms with Crippen LogP contribution in [0.15, 0.2) is 24.8 Å². The van der Waals surface area contributed by atoms with E-state index in [1.165, 1.54) is 0 Å². The molecule has 0 bridgehead atoms. The van der Waals surface area contributed by atoms with E-state index >= 15 is 0 Å². The van der Waals surface area contributed by atoms with E-state index in [1.807, 2.05) is 5.43 Å². The fourth-order valence-electron chi connectivity index (χ4n) is 0.666. The molecule has 12 heavy (non-hydrogen) atoms. The average molecular weight is 166 g/mol. The summed E-state index contributed by atoms with van der Waals surface area (Å²) in [7, 11) is 0. The standard InChI is InChI=1S/C7H6N2O3/c1-2-5(10)8-9-6(11)3-4-7(9)12/h2-4H,1H2,(H,8,10). The fraction of sp³-hybridized carbons (Fsp3) is 0. The fourth-order valence-corrected chi connectivity index (χ4v) is 0.666. The van der Waals surface area contributed by atoms with E-state index in [-0.39, 0.29) is 0 Å².